The van der Waals surface area contributed by atoms with Gasteiger partial charge in [0.2, 0.25) is 5.78 Å². The first-order valence-corrected chi connectivity index (χ1v) is 5.64. The van der Waals surface area contributed by atoms with Crippen molar-refractivity contribution in [3.63, 3.8) is 0 Å². The summed E-state index contributed by atoms with van der Waals surface area (Å²) in [6, 6.07) is 8.03. The molecule has 0 aliphatic heterocycles. The molecular weight excluding hydrogens is 246 g/mol. The highest BCUT2D eigenvalue weighted by atomic mass is 16.4. The number of rotatable bonds is 1. The monoisotopic (exact) mass is 255 g/mol. The Morgan fingerprint density at radius 2 is 1.74 bits per heavy atom. The van der Waals surface area contributed by atoms with Crippen LogP contribution in [-0.4, -0.2) is 22.5 Å². The summed E-state index contributed by atoms with van der Waals surface area (Å²) in [6.45, 7) is 1.52. The Kier molecular flexibility index (Phi) is 2.35. The van der Waals surface area contributed by atoms with Gasteiger partial charge < -0.3 is 9.62 Å². The van der Waals surface area contributed by atoms with Gasteiger partial charge in [0.15, 0.2) is 17.3 Å². The number of furan rings is 1. The SMILES string of the molecule is C/C(=N\O)c1cc2c(o1)C(=O)c1ccccc1C2=O. The molecule has 0 atom stereocenters. The molecule has 1 aromatic heterocycles. The minimum absolute atomic E-state index is 0.00157. The maximum atomic E-state index is 12.3. The van der Waals surface area contributed by atoms with E-state index >= 15 is 0 Å². The summed E-state index contributed by atoms with van der Waals surface area (Å²) in [5, 5.41) is 11.7. The number of hydrogen-bond donors (Lipinski definition) is 1. The fourth-order valence-electron chi connectivity index (χ4n) is 2.10. The summed E-state index contributed by atoms with van der Waals surface area (Å²) in [5.74, 6) is -0.378. The van der Waals surface area contributed by atoms with E-state index in [0.29, 0.717) is 11.1 Å². The van der Waals surface area contributed by atoms with E-state index in [0.717, 1.165) is 0 Å². The molecule has 19 heavy (non-hydrogen) atoms. The predicted octanol–water partition coefficient (Wildman–Crippen LogP) is 2.25. The van der Waals surface area contributed by atoms with Crippen LogP contribution in [-0.2, 0) is 0 Å². The number of nitrogens with zero attached hydrogens (tertiary/aromatic N) is 1. The van der Waals surface area contributed by atoms with Gasteiger partial charge in [-0.3, -0.25) is 9.59 Å². The van der Waals surface area contributed by atoms with Crippen molar-refractivity contribution in [1.82, 2.24) is 0 Å². The molecule has 5 nitrogen and oxygen atoms in total. The molecule has 0 saturated carbocycles. The molecule has 1 aliphatic carbocycles. The van der Waals surface area contributed by atoms with Crippen LogP contribution in [0.15, 0.2) is 39.9 Å². The molecule has 0 unspecified atom stereocenters. The van der Waals surface area contributed by atoms with Crippen LogP contribution < -0.4 is 0 Å². The third-order valence-corrected chi connectivity index (χ3v) is 3.11. The van der Waals surface area contributed by atoms with Crippen LogP contribution >= 0.6 is 0 Å². The summed E-state index contributed by atoms with van der Waals surface area (Å²) in [6.07, 6.45) is 0. The molecule has 1 aromatic carbocycles. The summed E-state index contributed by atoms with van der Waals surface area (Å²) in [4.78, 5) is 24.5. The van der Waals surface area contributed by atoms with Gasteiger partial charge in [-0.15, -0.1) is 0 Å². The molecule has 0 spiro atoms. The molecule has 1 N–H and O–H groups in total. The van der Waals surface area contributed by atoms with Gasteiger partial charge in [0.1, 0.15) is 5.71 Å². The van der Waals surface area contributed by atoms with Crippen molar-refractivity contribution >= 4 is 17.3 Å². The molecular formula is C14H9NO4. The molecule has 0 bridgehead atoms. The van der Waals surface area contributed by atoms with Crippen molar-refractivity contribution < 1.29 is 19.2 Å². The first kappa shape index (κ1) is 11.4. The van der Waals surface area contributed by atoms with Gasteiger partial charge in [0, 0.05) is 11.1 Å². The lowest BCUT2D eigenvalue weighted by molar-refractivity contribution is 0.0960. The summed E-state index contributed by atoms with van der Waals surface area (Å²) in [7, 11) is 0. The predicted molar refractivity (Wildman–Crippen MR) is 66.0 cm³/mol. The van der Waals surface area contributed by atoms with E-state index in [1.807, 2.05) is 0 Å². The first-order valence-electron chi connectivity index (χ1n) is 5.64. The van der Waals surface area contributed by atoms with Gasteiger partial charge in [0.05, 0.1) is 5.56 Å². The van der Waals surface area contributed by atoms with Gasteiger partial charge in [-0.05, 0) is 13.0 Å². The third kappa shape index (κ3) is 1.52. The summed E-state index contributed by atoms with van der Waals surface area (Å²) in [5.41, 5.74) is 1.12. The Morgan fingerprint density at radius 1 is 1.11 bits per heavy atom. The van der Waals surface area contributed by atoms with Crippen LogP contribution in [0.1, 0.15) is 44.7 Å². The van der Waals surface area contributed by atoms with Crippen molar-refractivity contribution in [3.05, 3.63) is 58.5 Å². The highest BCUT2D eigenvalue weighted by molar-refractivity contribution is 6.27. The largest absolute Gasteiger partial charge is 0.450 e. The summed E-state index contributed by atoms with van der Waals surface area (Å²) >= 11 is 0. The molecule has 0 amide bonds. The van der Waals surface area contributed by atoms with Crippen LogP contribution in [0.4, 0.5) is 0 Å². The maximum absolute atomic E-state index is 12.3. The number of fused-ring (bicyclic) bond motifs is 2. The van der Waals surface area contributed by atoms with E-state index in [9.17, 15) is 9.59 Å². The lowest BCUT2D eigenvalue weighted by Gasteiger charge is -2.11. The van der Waals surface area contributed by atoms with Gasteiger partial charge in [-0.2, -0.15) is 0 Å². The third-order valence-electron chi connectivity index (χ3n) is 3.11. The smallest absolute Gasteiger partial charge is 0.229 e. The normalized spacial score (nSPS) is 14.3. The van der Waals surface area contributed by atoms with E-state index in [1.165, 1.54) is 13.0 Å². The number of carbonyl (C=O) groups is 2. The molecule has 2 aromatic rings. The number of ketones is 2. The maximum Gasteiger partial charge on any atom is 0.229 e. The standard InChI is InChI=1S/C14H9NO4/c1-7(15-18)11-6-10-12(16)8-4-2-3-5-9(8)13(17)14(10)19-11/h2-6,18H,1H3/b15-7+. The zero-order valence-electron chi connectivity index (χ0n) is 10.0. The fraction of sp³-hybridized carbons (Fsp3) is 0.0714. The zero-order valence-corrected chi connectivity index (χ0v) is 10.0. The quantitative estimate of drug-likeness (QED) is 0.411. The van der Waals surface area contributed by atoms with Crippen LogP contribution in [0.25, 0.3) is 0 Å². The van der Waals surface area contributed by atoms with E-state index in [2.05, 4.69) is 5.16 Å². The van der Waals surface area contributed by atoms with E-state index < -0.39 is 0 Å². The number of hydrogen-bond acceptors (Lipinski definition) is 5. The lowest BCUT2D eigenvalue weighted by Crippen LogP contribution is -2.18. The Bertz CT molecular complexity index is 687. The second-order valence-corrected chi connectivity index (χ2v) is 4.24. The van der Waals surface area contributed by atoms with E-state index in [-0.39, 0.29) is 34.4 Å². The van der Waals surface area contributed by atoms with Crippen LogP contribution in [0.2, 0.25) is 0 Å². The molecule has 5 heteroatoms. The summed E-state index contributed by atoms with van der Waals surface area (Å²) < 4.78 is 5.34. The second-order valence-electron chi connectivity index (χ2n) is 4.24. The van der Waals surface area contributed by atoms with Crippen LogP contribution in [0, 0.1) is 0 Å². The second kappa shape index (κ2) is 3.91. The highest BCUT2D eigenvalue weighted by Crippen LogP contribution is 2.29. The van der Waals surface area contributed by atoms with Gasteiger partial charge >= 0.3 is 0 Å². The Morgan fingerprint density at radius 3 is 2.37 bits per heavy atom. The average Bonchev–Trinajstić information content (AvgIpc) is 2.89. The molecule has 0 fully saturated rings. The molecule has 1 aliphatic rings. The van der Waals surface area contributed by atoms with Crippen molar-refractivity contribution in [1.29, 1.82) is 0 Å². The molecule has 94 valence electrons. The Balaban J connectivity index is 2.23. The molecule has 3 rings (SSSR count). The first-order chi connectivity index (χ1) is 9.13. The Labute approximate surface area is 108 Å². The minimum Gasteiger partial charge on any atom is -0.450 e. The van der Waals surface area contributed by atoms with Crippen molar-refractivity contribution in [2.75, 3.05) is 0 Å². The van der Waals surface area contributed by atoms with E-state index in [1.54, 1.807) is 24.3 Å². The fourth-order valence-corrected chi connectivity index (χ4v) is 2.10. The van der Waals surface area contributed by atoms with Gasteiger partial charge in [-0.25, -0.2) is 0 Å². The molecule has 0 saturated heterocycles. The van der Waals surface area contributed by atoms with Crippen LogP contribution in [0.5, 0.6) is 0 Å². The number of oxime groups is 1. The van der Waals surface area contributed by atoms with E-state index in [4.69, 9.17) is 9.62 Å². The zero-order chi connectivity index (χ0) is 13.6. The van der Waals surface area contributed by atoms with Crippen molar-refractivity contribution in [3.8, 4) is 0 Å². The number of benzene rings is 1. The average molecular weight is 255 g/mol. The van der Waals surface area contributed by atoms with Crippen molar-refractivity contribution in [2.24, 2.45) is 5.16 Å². The van der Waals surface area contributed by atoms with Crippen LogP contribution in [0.3, 0.4) is 0 Å². The lowest BCUT2D eigenvalue weighted by atomic mass is 9.88. The highest BCUT2D eigenvalue weighted by Gasteiger charge is 2.33. The van der Waals surface area contributed by atoms with Gasteiger partial charge in [-0.1, -0.05) is 29.4 Å². The Hall–Kier alpha value is -2.69. The molecule has 0 radical (unpaired) electrons. The van der Waals surface area contributed by atoms with Crippen molar-refractivity contribution in [2.45, 2.75) is 6.92 Å². The molecule has 1 heterocycles. The minimum atomic E-state index is -0.331. The topological polar surface area (TPSA) is 79.9 Å². The van der Waals surface area contributed by atoms with Gasteiger partial charge in [0.25, 0.3) is 0 Å². The number of carbonyl (C=O) groups excluding carboxylic acids is 2.